The number of halogens is 4. The summed E-state index contributed by atoms with van der Waals surface area (Å²) in [5.41, 5.74) is -1.95. The number of hydrogen-bond acceptors (Lipinski definition) is 2. The van der Waals surface area contributed by atoms with Crippen molar-refractivity contribution in [3.8, 4) is 6.07 Å². The maximum Gasteiger partial charge on any atom is 0.417 e. The van der Waals surface area contributed by atoms with Crippen LogP contribution in [0.3, 0.4) is 0 Å². The zero-order valence-corrected chi connectivity index (χ0v) is 11.8. The van der Waals surface area contributed by atoms with Gasteiger partial charge in [0.25, 0.3) is 5.91 Å². The highest BCUT2D eigenvalue weighted by molar-refractivity contribution is 9.10. The number of alkyl halides is 3. The first-order chi connectivity index (χ1) is 9.27. The first kappa shape index (κ1) is 14.9. The largest absolute Gasteiger partial charge is 0.417 e. The van der Waals surface area contributed by atoms with E-state index in [1.807, 2.05) is 6.07 Å². The molecule has 0 radical (unpaired) electrons. The SMILES string of the molecule is N#CC1(NC(=O)c2ccc(Br)c(C(F)(F)F)c2)CCC1. The topological polar surface area (TPSA) is 52.9 Å². The summed E-state index contributed by atoms with van der Waals surface area (Å²) in [5, 5.41) is 11.5. The molecule has 0 aromatic heterocycles. The Bertz CT molecular complexity index is 588. The summed E-state index contributed by atoms with van der Waals surface area (Å²) in [7, 11) is 0. The van der Waals surface area contributed by atoms with Crippen LogP contribution in [0.4, 0.5) is 13.2 Å². The van der Waals surface area contributed by atoms with E-state index in [1.54, 1.807) is 0 Å². The molecule has 1 aliphatic carbocycles. The lowest BCUT2D eigenvalue weighted by molar-refractivity contribution is -0.138. The summed E-state index contributed by atoms with van der Waals surface area (Å²) in [5.74, 6) is -0.663. The van der Waals surface area contributed by atoms with Crippen LogP contribution < -0.4 is 5.32 Å². The van der Waals surface area contributed by atoms with Gasteiger partial charge in [-0.1, -0.05) is 15.9 Å². The zero-order valence-electron chi connectivity index (χ0n) is 10.2. The molecule has 20 heavy (non-hydrogen) atoms. The minimum atomic E-state index is -4.54. The van der Waals surface area contributed by atoms with Gasteiger partial charge in [-0.25, -0.2) is 0 Å². The molecule has 0 heterocycles. The van der Waals surface area contributed by atoms with Crippen LogP contribution >= 0.6 is 15.9 Å². The van der Waals surface area contributed by atoms with Crippen LogP contribution in [0.5, 0.6) is 0 Å². The van der Waals surface area contributed by atoms with Gasteiger partial charge in [0, 0.05) is 10.0 Å². The predicted molar refractivity (Wildman–Crippen MR) is 68.8 cm³/mol. The molecule has 0 unspecified atom stereocenters. The zero-order chi connectivity index (χ0) is 15.0. The number of hydrogen-bond donors (Lipinski definition) is 1. The quantitative estimate of drug-likeness (QED) is 0.888. The van der Waals surface area contributed by atoms with E-state index in [2.05, 4.69) is 21.2 Å². The second kappa shape index (κ2) is 5.09. The van der Waals surface area contributed by atoms with Crippen LogP contribution in [-0.4, -0.2) is 11.4 Å². The van der Waals surface area contributed by atoms with Gasteiger partial charge in [-0.15, -0.1) is 0 Å². The first-order valence-corrected chi connectivity index (χ1v) is 6.67. The summed E-state index contributed by atoms with van der Waals surface area (Å²) in [6, 6.07) is 5.26. The molecule has 1 N–H and O–H groups in total. The van der Waals surface area contributed by atoms with Crippen molar-refractivity contribution in [1.82, 2.24) is 5.32 Å². The Kier molecular flexibility index (Phi) is 3.78. The Balaban J connectivity index is 2.25. The number of nitriles is 1. The third kappa shape index (κ3) is 2.80. The van der Waals surface area contributed by atoms with E-state index >= 15 is 0 Å². The highest BCUT2D eigenvalue weighted by atomic mass is 79.9. The summed E-state index contributed by atoms with van der Waals surface area (Å²) in [6.07, 6.45) is -2.67. The average molecular weight is 347 g/mol. The van der Waals surface area contributed by atoms with Crippen LogP contribution in [-0.2, 0) is 6.18 Å². The minimum absolute atomic E-state index is 0.109. The lowest BCUT2D eigenvalue weighted by Gasteiger charge is -2.35. The van der Waals surface area contributed by atoms with E-state index in [0.29, 0.717) is 12.8 Å². The number of carbonyl (C=O) groups excluding carboxylic acids is 1. The number of carbonyl (C=O) groups is 1. The Hall–Kier alpha value is -1.55. The van der Waals surface area contributed by atoms with Crippen molar-refractivity contribution < 1.29 is 18.0 Å². The van der Waals surface area contributed by atoms with Crippen molar-refractivity contribution in [2.75, 3.05) is 0 Å². The molecular formula is C13H10BrF3N2O. The lowest BCUT2D eigenvalue weighted by atomic mass is 9.78. The maximum atomic E-state index is 12.8. The third-order valence-corrected chi connectivity index (χ3v) is 4.00. The predicted octanol–water partition coefficient (Wildman–Crippen LogP) is 3.64. The molecule has 0 bridgehead atoms. The standard InChI is InChI=1S/C13H10BrF3N2O/c14-10-3-2-8(6-9(10)13(15,16)17)11(20)19-12(7-18)4-1-5-12/h2-3,6H,1,4-5H2,(H,19,20). The molecule has 2 rings (SSSR count). The Morgan fingerprint density at radius 3 is 2.50 bits per heavy atom. The van der Waals surface area contributed by atoms with Crippen LogP contribution in [0, 0.1) is 11.3 Å². The number of rotatable bonds is 2. The molecule has 0 spiro atoms. The highest BCUT2D eigenvalue weighted by Gasteiger charge is 2.39. The monoisotopic (exact) mass is 346 g/mol. The van der Waals surface area contributed by atoms with E-state index in [-0.39, 0.29) is 10.0 Å². The van der Waals surface area contributed by atoms with Crippen molar-refractivity contribution in [3.63, 3.8) is 0 Å². The molecule has 106 valence electrons. The fourth-order valence-electron chi connectivity index (χ4n) is 1.97. The van der Waals surface area contributed by atoms with Crippen LogP contribution in [0.25, 0.3) is 0 Å². The van der Waals surface area contributed by atoms with Crippen molar-refractivity contribution in [1.29, 1.82) is 5.26 Å². The van der Waals surface area contributed by atoms with Gasteiger partial charge in [0.1, 0.15) is 5.54 Å². The van der Waals surface area contributed by atoms with Crippen molar-refractivity contribution in [3.05, 3.63) is 33.8 Å². The number of benzene rings is 1. The van der Waals surface area contributed by atoms with E-state index in [0.717, 1.165) is 12.5 Å². The van der Waals surface area contributed by atoms with Crippen molar-refractivity contribution in [2.24, 2.45) is 0 Å². The van der Waals surface area contributed by atoms with Crippen molar-refractivity contribution in [2.45, 2.75) is 31.0 Å². The van der Waals surface area contributed by atoms with Gasteiger partial charge >= 0.3 is 6.18 Å². The molecule has 1 fully saturated rings. The minimum Gasteiger partial charge on any atom is -0.334 e. The van der Waals surface area contributed by atoms with E-state index < -0.39 is 23.2 Å². The molecule has 1 aliphatic rings. The molecule has 7 heteroatoms. The van der Waals surface area contributed by atoms with Gasteiger partial charge < -0.3 is 5.32 Å². The smallest absolute Gasteiger partial charge is 0.334 e. The molecule has 1 aromatic carbocycles. The summed E-state index contributed by atoms with van der Waals surface area (Å²) >= 11 is 2.81. The third-order valence-electron chi connectivity index (χ3n) is 3.31. The molecule has 0 aliphatic heterocycles. The summed E-state index contributed by atoms with van der Waals surface area (Å²) in [4.78, 5) is 12.0. The average Bonchev–Trinajstić information content (AvgIpc) is 2.32. The van der Waals surface area contributed by atoms with Gasteiger partial charge in [0.2, 0.25) is 0 Å². The van der Waals surface area contributed by atoms with Crippen LogP contribution in [0.1, 0.15) is 35.2 Å². The number of nitrogens with zero attached hydrogens (tertiary/aromatic N) is 1. The van der Waals surface area contributed by atoms with E-state index in [4.69, 9.17) is 5.26 Å². The van der Waals surface area contributed by atoms with Gasteiger partial charge in [-0.3, -0.25) is 4.79 Å². The van der Waals surface area contributed by atoms with Gasteiger partial charge in [-0.05, 0) is 37.5 Å². The fourth-order valence-corrected chi connectivity index (χ4v) is 2.44. The van der Waals surface area contributed by atoms with Gasteiger partial charge in [0.05, 0.1) is 11.6 Å². The Morgan fingerprint density at radius 1 is 1.40 bits per heavy atom. The number of nitrogens with one attached hydrogen (secondary N) is 1. The maximum absolute atomic E-state index is 12.8. The Labute approximate surface area is 121 Å². The fraction of sp³-hybridized carbons (Fsp3) is 0.385. The van der Waals surface area contributed by atoms with Gasteiger partial charge in [0.15, 0.2) is 0 Å². The molecular weight excluding hydrogens is 337 g/mol. The van der Waals surface area contributed by atoms with Crippen LogP contribution in [0.15, 0.2) is 22.7 Å². The molecule has 0 saturated heterocycles. The van der Waals surface area contributed by atoms with E-state index in [9.17, 15) is 18.0 Å². The molecule has 0 atom stereocenters. The molecule has 1 saturated carbocycles. The Morgan fingerprint density at radius 2 is 2.05 bits per heavy atom. The van der Waals surface area contributed by atoms with Gasteiger partial charge in [-0.2, -0.15) is 18.4 Å². The summed E-state index contributed by atoms with van der Waals surface area (Å²) in [6.45, 7) is 0. The molecule has 3 nitrogen and oxygen atoms in total. The number of amides is 1. The molecule has 1 amide bonds. The lowest BCUT2D eigenvalue weighted by Crippen LogP contribution is -2.52. The normalized spacial score (nSPS) is 16.9. The second-order valence-electron chi connectivity index (χ2n) is 4.69. The summed E-state index contributed by atoms with van der Waals surface area (Å²) < 4.78 is 38.2. The molecule has 1 aromatic rings. The second-order valence-corrected chi connectivity index (χ2v) is 5.55. The van der Waals surface area contributed by atoms with Crippen LogP contribution in [0.2, 0.25) is 0 Å². The highest BCUT2D eigenvalue weighted by Crippen LogP contribution is 2.36. The first-order valence-electron chi connectivity index (χ1n) is 5.88. The van der Waals surface area contributed by atoms with E-state index in [1.165, 1.54) is 12.1 Å². The van der Waals surface area contributed by atoms with Crippen molar-refractivity contribution >= 4 is 21.8 Å².